The number of benzene rings is 2. The molecule has 1 aliphatic heterocycles. The fourth-order valence-electron chi connectivity index (χ4n) is 2.94. The zero-order valence-corrected chi connectivity index (χ0v) is 17.8. The number of nitrogens with one attached hydrogen (secondary N) is 1. The minimum atomic E-state index is -3.54. The summed E-state index contributed by atoms with van der Waals surface area (Å²) in [4.78, 5) is 8.85. The molecule has 1 aromatic heterocycles. The van der Waals surface area contributed by atoms with Crippen LogP contribution in [0.1, 0.15) is 5.82 Å². The monoisotopic (exact) mass is 457 g/mol. The van der Waals surface area contributed by atoms with Crippen molar-refractivity contribution < 1.29 is 13.2 Å². The molecule has 0 radical (unpaired) electrons. The van der Waals surface area contributed by atoms with E-state index in [4.69, 9.17) is 27.9 Å². The average Bonchev–Trinajstić information content (AvgIpc) is 3.11. The largest absolute Gasteiger partial charge is 0.379 e. The molecule has 6 nitrogen and oxygen atoms in total. The number of aromatic amines is 1. The lowest BCUT2D eigenvalue weighted by Crippen LogP contribution is -2.40. The Hall–Kier alpha value is -1.29. The maximum Gasteiger partial charge on any atom is 0.243 e. The summed E-state index contributed by atoms with van der Waals surface area (Å²) in [5, 5.41) is 1.25. The van der Waals surface area contributed by atoms with E-state index in [2.05, 4.69) is 9.97 Å². The lowest BCUT2D eigenvalue weighted by Gasteiger charge is -2.25. The quantitative estimate of drug-likeness (QED) is 0.581. The Kier molecular flexibility index (Phi) is 5.87. The van der Waals surface area contributed by atoms with Crippen molar-refractivity contribution in [1.29, 1.82) is 0 Å². The fourth-order valence-corrected chi connectivity index (χ4v) is 5.74. The predicted molar refractivity (Wildman–Crippen MR) is 112 cm³/mol. The highest BCUT2D eigenvalue weighted by molar-refractivity contribution is 7.98. The third-order valence-electron chi connectivity index (χ3n) is 4.37. The molecule has 1 N–H and O–H groups in total. The molecule has 0 aliphatic carbocycles. The number of aromatic nitrogens is 2. The Labute approximate surface area is 177 Å². The summed E-state index contributed by atoms with van der Waals surface area (Å²) in [6.45, 7) is 1.56. The number of imidazole rings is 1. The standard InChI is InChI=1S/C18H17Cl2N3O3S2/c19-12-1-3-14(20)17(9-12)27-11-18-21-15-4-2-13(10-16(15)22-18)28(24,25)23-5-7-26-8-6-23/h1-4,9-10H,5-8,11H2,(H,21,22). The van der Waals surface area contributed by atoms with Crippen molar-refractivity contribution in [3.05, 3.63) is 52.3 Å². The van der Waals surface area contributed by atoms with Crippen molar-refractivity contribution in [1.82, 2.24) is 14.3 Å². The summed E-state index contributed by atoms with van der Waals surface area (Å²) in [5.74, 6) is 1.29. The number of hydrogen-bond donors (Lipinski definition) is 1. The number of ether oxygens (including phenoxy) is 1. The average molecular weight is 458 g/mol. The van der Waals surface area contributed by atoms with Gasteiger partial charge in [0.1, 0.15) is 5.82 Å². The van der Waals surface area contributed by atoms with Crippen LogP contribution in [0.3, 0.4) is 0 Å². The van der Waals surface area contributed by atoms with Crippen LogP contribution in [0.2, 0.25) is 10.0 Å². The van der Waals surface area contributed by atoms with Crippen molar-refractivity contribution >= 4 is 56.0 Å². The van der Waals surface area contributed by atoms with Crippen LogP contribution >= 0.6 is 35.0 Å². The molecule has 0 amide bonds. The van der Waals surface area contributed by atoms with Gasteiger partial charge in [-0.3, -0.25) is 0 Å². The Morgan fingerprint density at radius 1 is 1.14 bits per heavy atom. The summed E-state index contributed by atoms with van der Waals surface area (Å²) in [6, 6.07) is 10.3. The molecule has 0 unspecified atom stereocenters. The Morgan fingerprint density at radius 2 is 1.93 bits per heavy atom. The predicted octanol–water partition coefficient (Wildman–Crippen LogP) is 4.18. The minimum absolute atomic E-state index is 0.252. The highest BCUT2D eigenvalue weighted by Crippen LogP contribution is 2.32. The van der Waals surface area contributed by atoms with Crippen molar-refractivity contribution in [3.8, 4) is 0 Å². The van der Waals surface area contributed by atoms with Gasteiger partial charge in [-0.25, -0.2) is 13.4 Å². The van der Waals surface area contributed by atoms with Gasteiger partial charge in [0.2, 0.25) is 10.0 Å². The molecule has 10 heteroatoms. The van der Waals surface area contributed by atoms with Gasteiger partial charge < -0.3 is 9.72 Å². The molecular formula is C18H17Cl2N3O3S2. The second-order valence-corrected chi connectivity index (χ2v) is 10.0. The molecule has 1 aliphatic rings. The van der Waals surface area contributed by atoms with Gasteiger partial charge in [-0.2, -0.15) is 4.31 Å². The number of rotatable bonds is 5. The Morgan fingerprint density at radius 3 is 2.71 bits per heavy atom. The van der Waals surface area contributed by atoms with Crippen LogP contribution in [0.5, 0.6) is 0 Å². The van der Waals surface area contributed by atoms with E-state index in [1.165, 1.54) is 16.1 Å². The summed E-state index contributed by atoms with van der Waals surface area (Å²) in [7, 11) is -3.54. The van der Waals surface area contributed by atoms with E-state index in [0.29, 0.717) is 53.1 Å². The first-order valence-corrected chi connectivity index (χ1v) is 11.8. The molecule has 0 bridgehead atoms. The first-order valence-electron chi connectivity index (χ1n) is 8.58. The summed E-state index contributed by atoms with van der Waals surface area (Å²) in [6.07, 6.45) is 0. The molecule has 0 spiro atoms. The van der Waals surface area contributed by atoms with Crippen LogP contribution < -0.4 is 0 Å². The first kappa shape index (κ1) is 20.0. The second-order valence-electron chi connectivity index (χ2n) is 6.24. The topological polar surface area (TPSA) is 75.3 Å². The lowest BCUT2D eigenvalue weighted by molar-refractivity contribution is 0.0730. The molecule has 1 saturated heterocycles. The van der Waals surface area contributed by atoms with E-state index in [9.17, 15) is 8.42 Å². The van der Waals surface area contributed by atoms with E-state index in [0.717, 1.165) is 10.7 Å². The van der Waals surface area contributed by atoms with Crippen LogP contribution in [0.15, 0.2) is 46.2 Å². The smallest absolute Gasteiger partial charge is 0.243 e. The minimum Gasteiger partial charge on any atom is -0.379 e. The number of morpholine rings is 1. The van der Waals surface area contributed by atoms with Crippen molar-refractivity contribution in [2.24, 2.45) is 0 Å². The summed E-state index contributed by atoms with van der Waals surface area (Å²) in [5.41, 5.74) is 1.40. The maximum atomic E-state index is 12.8. The maximum absolute atomic E-state index is 12.8. The van der Waals surface area contributed by atoms with Gasteiger partial charge in [-0.15, -0.1) is 11.8 Å². The third kappa shape index (κ3) is 4.17. The van der Waals surface area contributed by atoms with Crippen molar-refractivity contribution in [2.45, 2.75) is 15.5 Å². The molecule has 148 valence electrons. The van der Waals surface area contributed by atoms with Gasteiger partial charge in [0.25, 0.3) is 0 Å². The van der Waals surface area contributed by atoms with Crippen LogP contribution in [0.25, 0.3) is 11.0 Å². The highest BCUT2D eigenvalue weighted by atomic mass is 35.5. The van der Waals surface area contributed by atoms with Gasteiger partial charge in [-0.05, 0) is 36.4 Å². The number of H-pyrrole nitrogens is 1. The molecular weight excluding hydrogens is 441 g/mol. The number of nitrogens with zero attached hydrogens (tertiary/aromatic N) is 2. The van der Waals surface area contributed by atoms with E-state index in [1.54, 1.807) is 30.3 Å². The SMILES string of the molecule is O=S(=O)(c1ccc2nc(CSc3cc(Cl)ccc3Cl)[nH]c2c1)N1CCOCC1. The third-order valence-corrected chi connectivity index (χ3v) is 8.01. The summed E-state index contributed by atoms with van der Waals surface area (Å²) >= 11 is 13.7. The first-order chi connectivity index (χ1) is 13.4. The van der Waals surface area contributed by atoms with E-state index in [-0.39, 0.29) is 4.90 Å². The van der Waals surface area contributed by atoms with Crippen LogP contribution in [0.4, 0.5) is 0 Å². The molecule has 28 heavy (non-hydrogen) atoms. The number of hydrogen-bond acceptors (Lipinski definition) is 5. The fraction of sp³-hybridized carbons (Fsp3) is 0.278. The van der Waals surface area contributed by atoms with Crippen LogP contribution in [-0.2, 0) is 20.5 Å². The summed E-state index contributed by atoms with van der Waals surface area (Å²) < 4.78 is 32.3. The zero-order valence-electron chi connectivity index (χ0n) is 14.7. The number of sulfonamides is 1. The molecule has 2 heterocycles. The zero-order chi connectivity index (χ0) is 19.7. The molecule has 3 aromatic rings. The van der Waals surface area contributed by atoms with Gasteiger partial charge in [-0.1, -0.05) is 23.2 Å². The molecule has 1 fully saturated rings. The van der Waals surface area contributed by atoms with Crippen molar-refractivity contribution in [2.75, 3.05) is 26.3 Å². The van der Waals surface area contributed by atoms with Gasteiger partial charge in [0, 0.05) is 23.0 Å². The van der Waals surface area contributed by atoms with Crippen molar-refractivity contribution in [3.63, 3.8) is 0 Å². The number of halogens is 2. The Bertz CT molecular complexity index is 1110. The number of fused-ring (bicyclic) bond motifs is 1. The molecule has 4 rings (SSSR count). The van der Waals surface area contributed by atoms with Crippen LogP contribution in [-0.4, -0.2) is 49.0 Å². The lowest BCUT2D eigenvalue weighted by atomic mass is 10.3. The normalized spacial score (nSPS) is 15.9. The van der Waals surface area contributed by atoms with E-state index < -0.39 is 10.0 Å². The van der Waals surface area contributed by atoms with Crippen LogP contribution in [0, 0.1) is 0 Å². The highest BCUT2D eigenvalue weighted by Gasteiger charge is 2.26. The Balaban J connectivity index is 1.55. The molecule has 0 saturated carbocycles. The molecule has 2 aromatic carbocycles. The second kappa shape index (κ2) is 8.22. The number of thioether (sulfide) groups is 1. The van der Waals surface area contributed by atoms with Gasteiger partial charge in [0.05, 0.1) is 39.9 Å². The van der Waals surface area contributed by atoms with E-state index >= 15 is 0 Å². The molecule has 0 atom stereocenters. The van der Waals surface area contributed by atoms with Gasteiger partial charge in [0.15, 0.2) is 0 Å². The van der Waals surface area contributed by atoms with E-state index in [1.807, 2.05) is 6.07 Å². The van der Waals surface area contributed by atoms with Gasteiger partial charge >= 0.3 is 0 Å².